The van der Waals surface area contributed by atoms with E-state index in [-0.39, 0.29) is 6.61 Å². The summed E-state index contributed by atoms with van der Waals surface area (Å²) >= 11 is 0. The van der Waals surface area contributed by atoms with E-state index in [1.165, 1.54) is 5.39 Å². The lowest BCUT2D eigenvalue weighted by molar-refractivity contribution is -0.129. The molecule has 2 heterocycles. The number of benzene rings is 1. The van der Waals surface area contributed by atoms with Crippen molar-refractivity contribution in [2.45, 2.75) is 6.61 Å². The molecule has 0 fully saturated rings. The Balaban J connectivity index is 2.18. The van der Waals surface area contributed by atoms with Crippen molar-refractivity contribution >= 4 is 28.3 Å². The summed E-state index contributed by atoms with van der Waals surface area (Å²) in [5, 5.41) is 2.31. The summed E-state index contributed by atoms with van der Waals surface area (Å²) in [5.74, 6) is 0. The SMILES string of the molecule is O=COCc1cc2c(ccc3[nH]ccc32)[nH]1. The predicted octanol–water partition coefficient (Wildman–Crippen LogP) is 2.32. The Labute approximate surface area is 91.2 Å². The second kappa shape index (κ2) is 3.41. The highest BCUT2D eigenvalue weighted by molar-refractivity contribution is 6.05. The van der Waals surface area contributed by atoms with E-state index in [2.05, 4.69) is 9.97 Å². The molecule has 0 aliphatic carbocycles. The van der Waals surface area contributed by atoms with E-state index in [0.717, 1.165) is 22.1 Å². The van der Waals surface area contributed by atoms with Gasteiger partial charge in [0.2, 0.25) is 0 Å². The Morgan fingerprint density at radius 2 is 2.06 bits per heavy atom. The molecule has 0 spiro atoms. The summed E-state index contributed by atoms with van der Waals surface area (Å²) in [6, 6.07) is 8.09. The average Bonchev–Trinajstić information content (AvgIpc) is 2.90. The maximum atomic E-state index is 10.1. The molecule has 4 heteroatoms. The third kappa shape index (κ3) is 1.27. The first-order chi connectivity index (χ1) is 7.88. The molecule has 3 rings (SSSR count). The Morgan fingerprint density at radius 1 is 1.19 bits per heavy atom. The minimum Gasteiger partial charge on any atom is -0.461 e. The molecule has 0 radical (unpaired) electrons. The van der Waals surface area contributed by atoms with Gasteiger partial charge in [-0.2, -0.15) is 0 Å². The van der Waals surface area contributed by atoms with Crippen LogP contribution in [0, 0.1) is 0 Å². The van der Waals surface area contributed by atoms with Crippen LogP contribution in [-0.4, -0.2) is 16.4 Å². The van der Waals surface area contributed by atoms with Crippen LogP contribution in [0.1, 0.15) is 5.69 Å². The molecule has 0 aliphatic heterocycles. The Morgan fingerprint density at radius 3 is 2.94 bits per heavy atom. The molecule has 1 aromatic carbocycles. The normalized spacial score (nSPS) is 11.0. The summed E-state index contributed by atoms with van der Waals surface area (Å²) < 4.78 is 4.72. The van der Waals surface area contributed by atoms with E-state index in [9.17, 15) is 4.79 Å². The number of aromatic nitrogens is 2. The lowest BCUT2D eigenvalue weighted by Gasteiger charge is -1.92. The molecule has 80 valence electrons. The Bertz CT molecular complexity index is 651. The highest BCUT2D eigenvalue weighted by Crippen LogP contribution is 2.25. The van der Waals surface area contributed by atoms with E-state index in [0.29, 0.717) is 6.47 Å². The highest BCUT2D eigenvalue weighted by Gasteiger charge is 2.05. The second-order valence-corrected chi connectivity index (χ2v) is 3.67. The minimum absolute atomic E-state index is 0.282. The topological polar surface area (TPSA) is 57.9 Å². The number of hydrogen-bond donors (Lipinski definition) is 2. The van der Waals surface area contributed by atoms with Gasteiger partial charge in [-0.1, -0.05) is 0 Å². The number of aromatic amines is 2. The molecular formula is C12H10N2O2. The molecule has 0 saturated carbocycles. The fourth-order valence-electron chi connectivity index (χ4n) is 2.01. The van der Waals surface area contributed by atoms with Crippen molar-refractivity contribution in [1.29, 1.82) is 0 Å². The molecule has 0 unspecified atom stereocenters. The van der Waals surface area contributed by atoms with Crippen LogP contribution in [0.3, 0.4) is 0 Å². The fraction of sp³-hybridized carbons (Fsp3) is 0.0833. The monoisotopic (exact) mass is 214 g/mol. The molecule has 0 atom stereocenters. The largest absolute Gasteiger partial charge is 0.461 e. The van der Waals surface area contributed by atoms with Gasteiger partial charge in [-0.15, -0.1) is 0 Å². The number of rotatable bonds is 3. The van der Waals surface area contributed by atoms with Crippen LogP contribution in [0.15, 0.2) is 30.5 Å². The van der Waals surface area contributed by atoms with Crippen LogP contribution >= 0.6 is 0 Å². The van der Waals surface area contributed by atoms with Gasteiger partial charge in [0.05, 0.1) is 5.69 Å². The van der Waals surface area contributed by atoms with Gasteiger partial charge < -0.3 is 14.7 Å². The number of H-pyrrole nitrogens is 2. The van der Waals surface area contributed by atoms with Crippen molar-refractivity contribution in [3.8, 4) is 0 Å². The van der Waals surface area contributed by atoms with E-state index in [1.54, 1.807) is 0 Å². The molecule has 3 aromatic rings. The van der Waals surface area contributed by atoms with Crippen LogP contribution in [-0.2, 0) is 16.1 Å². The number of ether oxygens (including phenoxy) is 1. The van der Waals surface area contributed by atoms with E-state index in [4.69, 9.17) is 4.74 Å². The molecule has 0 bridgehead atoms. The molecule has 0 aliphatic rings. The molecule has 0 saturated heterocycles. The lowest BCUT2D eigenvalue weighted by atomic mass is 10.1. The molecule has 2 aromatic heterocycles. The fourth-order valence-corrected chi connectivity index (χ4v) is 2.01. The number of carbonyl (C=O) groups is 1. The van der Waals surface area contributed by atoms with Crippen molar-refractivity contribution in [3.63, 3.8) is 0 Å². The second-order valence-electron chi connectivity index (χ2n) is 3.67. The molecule has 0 amide bonds. The van der Waals surface area contributed by atoms with Gasteiger partial charge in [0.1, 0.15) is 6.61 Å². The van der Waals surface area contributed by atoms with Gasteiger partial charge in [-0.25, -0.2) is 0 Å². The van der Waals surface area contributed by atoms with Gasteiger partial charge in [-0.05, 0) is 24.3 Å². The maximum absolute atomic E-state index is 10.1. The third-order valence-electron chi connectivity index (χ3n) is 2.70. The summed E-state index contributed by atoms with van der Waals surface area (Å²) in [6.45, 7) is 0.738. The van der Waals surface area contributed by atoms with E-state index in [1.807, 2.05) is 30.5 Å². The van der Waals surface area contributed by atoms with Crippen molar-refractivity contribution < 1.29 is 9.53 Å². The van der Waals surface area contributed by atoms with E-state index >= 15 is 0 Å². The van der Waals surface area contributed by atoms with Crippen LogP contribution < -0.4 is 0 Å². The quantitative estimate of drug-likeness (QED) is 0.657. The van der Waals surface area contributed by atoms with Gasteiger partial charge in [0.25, 0.3) is 6.47 Å². The minimum atomic E-state index is 0.282. The molecule has 4 nitrogen and oxygen atoms in total. The number of nitrogens with one attached hydrogen (secondary N) is 2. The zero-order valence-electron chi connectivity index (χ0n) is 8.49. The van der Waals surface area contributed by atoms with Crippen LogP contribution in [0.25, 0.3) is 21.8 Å². The Kier molecular flexibility index (Phi) is 1.93. The number of hydrogen-bond acceptors (Lipinski definition) is 2. The van der Waals surface area contributed by atoms with Crippen molar-refractivity contribution in [2.24, 2.45) is 0 Å². The Hall–Kier alpha value is -2.23. The highest BCUT2D eigenvalue weighted by atomic mass is 16.5. The van der Waals surface area contributed by atoms with Gasteiger partial charge >= 0.3 is 0 Å². The molecular weight excluding hydrogens is 204 g/mol. The van der Waals surface area contributed by atoms with Gasteiger partial charge in [0, 0.05) is 28.0 Å². The summed E-state index contributed by atoms with van der Waals surface area (Å²) in [6.07, 6.45) is 1.92. The number of fused-ring (bicyclic) bond motifs is 3. The summed E-state index contributed by atoms with van der Waals surface area (Å²) in [4.78, 5) is 16.5. The third-order valence-corrected chi connectivity index (χ3v) is 2.70. The first kappa shape index (κ1) is 9.03. The summed E-state index contributed by atoms with van der Waals surface area (Å²) in [5.41, 5.74) is 3.06. The number of carbonyl (C=O) groups excluding carboxylic acids is 1. The molecule has 2 N–H and O–H groups in total. The van der Waals surface area contributed by atoms with Crippen molar-refractivity contribution in [1.82, 2.24) is 9.97 Å². The van der Waals surface area contributed by atoms with Crippen LogP contribution in [0.5, 0.6) is 0 Å². The predicted molar refractivity (Wildman–Crippen MR) is 61.0 cm³/mol. The maximum Gasteiger partial charge on any atom is 0.293 e. The smallest absolute Gasteiger partial charge is 0.293 e. The zero-order chi connectivity index (χ0) is 11.0. The average molecular weight is 214 g/mol. The van der Waals surface area contributed by atoms with Crippen LogP contribution in [0.2, 0.25) is 0 Å². The first-order valence-electron chi connectivity index (χ1n) is 5.01. The standard InChI is InChI=1S/C12H10N2O2/c15-7-16-6-8-5-10-9-3-4-13-11(9)1-2-12(10)14-8/h1-5,7,13-14H,6H2. The summed E-state index contributed by atoms with van der Waals surface area (Å²) in [7, 11) is 0. The molecule has 16 heavy (non-hydrogen) atoms. The van der Waals surface area contributed by atoms with Gasteiger partial charge in [-0.3, -0.25) is 4.79 Å². The lowest BCUT2D eigenvalue weighted by Crippen LogP contribution is -1.88. The van der Waals surface area contributed by atoms with Gasteiger partial charge in [0.15, 0.2) is 0 Å². The van der Waals surface area contributed by atoms with E-state index < -0.39 is 0 Å². The van der Waals surface area contributed by atoms with Crippen LogP contribution in [0.4, 0.5) is 0 Å². The zero-order valence-corrected chi connectivity index (χ0v) is 8.49. The van der Waals surface area contributed by atoms with Crippen molar-refractivity contribution in [3.05, 3.63) is 36.2 Å². The van der Waals surface area contributed by atoms with Crippen molar-refractivity contribution in [2.75, 3.05) is 0 Å². The first-order valence-corrected chi connectivity index (χ1v) is 5.01.